The highest BCUT2D eigenvalue weighted by atomic mass is 31.2. The molecular formula is C36H54N5O7P3. The van der Waals surface area contributed by atoms with E-state index in [4.69, 9.17) is 13.6 Å². The maximum Gasteiger partial charge on any atom is 0.245 e. The van der Waals surface area contributed by atoms with Gasteiger partial charge in [0.05, 0.1) is 25.4 Å². The van der Waals surface area contributed by atoms with E-state index in [9.17, 15) is 18.5 Å². The van der Waals surface area contributed by atoms with Crippen molar-refractivity contribution in [1.82, 2.24) is 24.5 Å². The fraction of sp³-hybridized carbons (Fsp3) is 0.472. The molecule has 3 unspecified atom stereocenters. The highest BCUT2D eigenvalue weighted by Gasteiger charge is 2.33. The van der Waals surface area contributed by atoms with Crippen LogP contribution in [0.25, 0.3) is 0 Å². The fourth-order valence-electron chi connectivity index (χ4n) is 5.98. The number of carbonyl (C=O) groups is 1. The number of nitrogens with zero attached hydrogens (tertiary/aromatic N) is 5. The molecule has 3 aromatic rings. The standard InChI is InChI=1S/C36H54N5O7P3/c1-37(2)36(42)29-38-21-23-39(30-49(43,46-3)33-15-9-6-10-16-33)25-27-41(32-51(45,48-5)35-19-13-8-14-20-35)28-26-40(24-22-38)31-50(44,47-4)34-17-11-7-12-18-34/h6-20H,21-32H2,1-5H3. The molecule has 0 radical (unpaired) electrons. The molecule has 280 valence electrons. The molecule has 12 nitrogen and oxygen atoms in total. The Kier molecular flexibility index (Phi) is 15.8. The summed E-state index contributed by atoms with van der Waals surface area (Å²) in [5, 5.41) is 1.91. The summed E-state index contributed by atoms with van der Waals surface area (Å²) in [7, 11) is -1.88. The third kappa shape index (κ3) is 11.8. The number of likely N-dealkylation sites (N-methyl/N-ethyl adjacent to an activating group) is 1. The molecule has 0 aromatic heterocycles. The summed E-state index contributed by atoms with van der Waals surface area (Å²) in [4.78, 5) is 23.0. The average molecular weight is 762 g/mol. The molecule has 3 aromatic carbocycles. The van der Waals surface area contributed by atoms with Crippen LogP contribution in [-0.4, -0.2) is 144 Å². The molecule has 1 fully saturated rings. The smallest absolute Gasteiger partial charge is 0.245 e. The third-order valence-corrected chi connectivity index (χ3v) is 16.6. The molecule has 0 bridgehead atoms. The Labute approximate surface area is 304 Å². The minimum atomic E-state index is -3.28. The van der Waals surface area contributed by atoms with E-state index in [1.165, 1.54) is 21.3 Å². The van der Waals surface area contributed by atoms with Crippen LogP contribution in [0.3, 0.4) is 0 Å². The summed E-state index contributed by atoms with van der Waals surface area (Å²) in [6, 6.07) is 27.7. The Hall–Kier alpha value is -2.46. The highest BCUT2D eigenvalue weighted by Crippen LogP contribution is 2.47. The van der Waals surface area contributed by atoms with Crippen LogP contribution < -0.4 is 15.9 Å². The van der Waals surface area contributed by atoms with Gasteiger partial charge in [0.25, 0.3) is 0 Å². The minimum absolute atomic E-state index is 0.0266. The second-order valence-corrected chi connectivity index (χ2v) is 20.5. The van der Waals surface area contributed by atoms with E-state index < -0.39 is 22.1 Å². The van der Waals surface area contributed by atoms with Crippen LogP contribution in [0.1, 0.15) is 0 Å². The van der Waals surface area contributed by atoms with Crippen LogP contribution >= 0.6 is 22.1 Å². The lowest BCUT2D eigenvalue weighted by Crippen LogP contribution is -2.48. The largest absolute Gasteiger partial charge is 0.348 e. The number of amides is 1. The number of hydrogen-bond acceptors (Lipinski definition) is 11. The van der Waals surface area contributed by atoms with Crippen LogP contribution in [-0.2, 0) is 32.1 Å². The van der Waals surface area contributed by atoms with E-state index in [0.717, 1.165) is 0 Å². The Morgan fingerprint density at radius 3 is 1.00 bits per heavy atom. The van der Waals surface area contributed by atoms with Gasteiger partial charge < -0.3 is 18.5 Å². The lowest BCUT2D eigenvalue weighted by Gasteiger charge is -2.36. The summed E-state index contributed by atoms with van der Waals surface area (Å²) in [6.07, 6.45) is 0.523. The highest BCUT2D eigenvalue weighted by molar-refractivity contribution is 7.67. The predicted molar refractivity (Wildman–Crippen MR) is 207 cm³/mol. The molecule has 1 heterocycles. The van der Waals surface area contributed by atoms with Crippen LogP contribution in [0.4, 0.5) is 0 Å². The zero-order valence-electron chi connectivity index (χ0n) is 30.6. The first-order valence-corrected chi connectivity index (χ1v) is 22.6. The lowest BCUT2D eigenvalue weighted by molar-refractivity contribution is -0.130. The van der Waals surface area contributed by atoms with Crippen LogP contribution in [0, 0.1) is 0 Å². The molecule has 51 heavy (non-hydrogen) atoms. The Balaban J connectivity index is 1.67. The molecule has 0 saturated carbocycles. The lowest BCUT2D eigenvalue weighted by atomic mass is 10.3. The molecule has 1 aliphatic rings. The second kappa shape index (κ2) is 19.6. The first-order valence-electron chi connectivity index (χ1n) is 17.1. The molecule has 0 spiro atoms. The Morgan fingerprint density at radius 2 is 0.765 bits per heavy atom. The SMILES string of the molecule is COP(=O)(CN1CCN(CC(=O)N(C)C)CCN(CP(=O)(OC)c2ccccc2)CCN(CP(=O)(OC)c2ccccc2)CC1)c1ccccc1. The van der Waals surface area contributed by atoms with Crippen LogP contribution in [0.15, 0.2) is 91.0 Å². The monoisotopic (exact) mass is 761 g/mol. The van der Waals surface area contributed by atoms with E-state index in [2.05, 4.69) is 19.6 Å². The van der Waals surface area contributed by atoms with E-state index in [1.54, 1.807) is 19.0 Å². The minimum Gasteiger partial charge on any atom is -0.348 e. The van der Waals surface area contributed by atoms with Crippen molar-refractivity contribution >= 4 is 43.9 Å². The molecule has 1 aliphatic heterocycles. The molecule has 1 saturated heterocycles. The van der Waals surface area contributed by atoms with Gasteiger partial charge in [-0.3, -0.25) is 38.1 Å². The third-order valence-electron chi connectivity index (χ3n) is 9.28. The van der Waals surface area contributed by atoms with Crippen LogP contribution in [0.2, 0.25) is 0 Å². The van der Waals surface area contributed by atoms with Gasteiger partial charge in [0.15, 0.2) is 0 Å². The van der Waals surface area contributed by atoms with Gasteiger partial charge in [-0.2, -0.15) is 0 Å². The van der Waals surface area contributed by atoms with Gasteiger partial charge in [0.1, 0.15) is 0 Å². The fourth-order valence-corrected chi connectivity index (χ4v) is 11.8. The number of benzene rings is 3. The topological polar surface area (TPSA) is 112 Å². The van der Waals surface area contributed by atoms with E-state index in [0.29, 0.717) is 68.3 Å². The summed E-state index contributed by atoms with van der Waals surface area (Å²) < 4.78 is 60.1. The summed E-state index contributed by atoms with van der Waals surface area (Å²) >= 11 is 0. The van der Waals surface area contributed by atoms with Crippen molar-refractivity contribution in [2.45, 2.75) is 0 Å². The van der Waals surface area contributed by atoms with Gasteiger partial charge in [-0.05, 0) is 36.4 Å². The first kappa shape index (κ1) is 41.3. The summed E-state index contributed by atoms with van der Waals surface area (Å²) in [5.41, 5.74) is 0. The van der Waals surface area contributed by atoms with Crippen molar-refractivity contribution < 1.29 is 32.1 Å². The van der Waals surface area contributed by atoms with Crippen LogP contribution in [0.5, 0.6) is 0 Å². The Morgan fingerprint density at radius 1 is 0.510 bits per heavy atom. The van der Waals surface area contributed by atoms with E-state index in [1.807, 2.05) is 91.0 Å². The second-order valence-electron chi connectivity index (χ2n) is 12.9. The number of rotatable bonds is 14. The van der Waals surface area contributed by atoms with Crippen molar-refractivity contribution in [2.75, 3.05) is 113 Å². The van der Waals surface area contributed by atoms with Crippen molar-refractivity contribution in [3.63, 3.8) is 0 Å². The van der Waals surface area contributed by atoms with Crippen molar-refractivity contribution in [3.05, 3.63) is 91.0 Å². The van der Waals surface area contributed by atoms with Crippen molar-refractivity contribution in [1.29, 1.82) is 0 Å². The number of carbonyl (C=O) groups excluding carboxylic acids is 1. The van der Waals surface area contributed by atoms with Gasteiger partial charge in [0, 0.05) is 104 Å². The summed E-state index contributed by atoms with van der Waals surface area (Å²) in [5.74, 6) is -0.0266. The average Bonchev–Trinajstić information content (AvgIpc) is 3.16. The zero-order valence-corrected chi connectivity index (χ0v) is 33.3. The summed E-state index contributed by atoms with van der Waals surface area (Å²) in [6.45, 7) is 4.24. The van der Waals surface area contributed by atoms with E-state index in [-0.39, 0.29) is 31.3 Å². The zero-order chi connectivity index (χ0) is 36.9. The van der Waals surface area contributed by atoms with Gasteiger partial charge in [-0.1, -0.05) is 54.6 Å². The number of hydrogen-bond donors (Lipinski definition) is 0. The van der Waals surface area contributed by atoms with E-state index >= 15 is 0 Å². The molecule has 1 amide bonds. The van der Waals surface area contributed by atoms with Crippen molar-refractivity contribution in [2.24, 2.45) is 0 Å². The van der Waals surface area contributed by atoms with Gasteiger partial charge in [-0.15, -0.1) is 0 Å². The van der Waals surface area contributed by atoms with Gasteiger partial charge >= 0.3 is 0 Å². The molecule has 0 N–H and O–H groups in total. The molecular weight excluding hydrogens is 707 g/mol. The maximum absolute atomic E-state index is 14.3. The van der Waals surface area contributed by atoms with Gasteiger partial charge in [0.2, 0.25) is 28.0 Å². The molecule has 15 heteroatoms. The van der Waals surface area contributed by atoms with Crippen molar-refractivity contribution in [3.8, 4) is 0 Å². The van der Waals surface area contributed by atoms with Gasteiger partial charge in [-0.25, -0.2) is 0 Å². The predicted octanol–water partition coefficient (Wildman–Crippen LogP) is 3.92. The molecule has 3 atom stereocenters. The first-order chi connectivity index (χ1) is 24.4. The normalized spacial score (nSPS) is 19.9. The Bertz CT molecular complexity index is 1570. The molecule has 4 rings (SSSR count). The molecule has 0 aliphatic carbocycles. The maximum atomic E-state index is 14.3. The quantitative estimate of drug-likeness (QED) is 0.223.